The van der Waals surface area contributed by atoms with E-state index in [0.717, 1.165) is 41.2 Å². The lowest BCUT2D eigenvalue weighted by Crippen LogP contribution is -2.55. The van der Waals surface area contributed by atoms with Crippen LogP contribution in [0.1, 0.15) is 38.1 Å². The number of fused-ring (bicyclic) bond motifs is 3. The van der Waals surface area contributed by atoms with Gasteiger partial charge in [-0.3, -0.25) is 4.68 Å². The van der Waals surface area contributed by atoms with Crippen molar-refractivity contribution in [3.8, 4) is 0 Å². The second-order valence-electron chi connectivity index (χ2n) is 8.28. The highest BCUT2D eigenvalue weighted by Crippen LogP contribution is 2.60. The maximum atomic E-state index is 10.9. The summed E-state index contributed by atoms with van der Waals surface area (Å²) in [5.74, 6) is 2.27. The van der Waals surface area contributed by atoms with Gasteiger partial charge in [0.25, 0.3) is 0 Å². The molecule has 3 heterocycles. The molecule has 24 heavy (non-hydrogen) atoms. The van der Waals surface area contributed by atoms with Gasteiger partial charge >= 0.3 is 0 Å². The Hall–Kier alpha value is -2.08. The van der Waals surface area contributed by atoms with E-state index in [-0.39, 0.29) is 0 Å². The first-order chi connectivity index (χ1) is 11.6. The number of aromatic amines is 1. The van der Waals surface area contributed by atoms with Gasteiger partial charge < -0.3 is 15.8 Å². The van der Waals surface area contributed by atoms with E-state index in [0.29, 0.717) is 29.6 Å². The van der Waals surface area contributed by atoms with Crippen LogP contribution in [0.2, 0.25) is 0 Å². The van der Waals surface area contributed by atoms with E-state index < -0.39 is 5.60 Å². The van der Waals surface area contributed by atoms with Crippen LogP contribution in [0.5, 0.6) is 0 Å². The lowest BCUT2D eigenvalue weighted by molar-refractivity contribution is -0.148. The fraction of sp³-hybridized carbons (Fsp3) is 0.556. The minimum atomic E-state index is -0.424. The fourth-order valence-electron chi connectivity index (χ4n) is 6.22. The molecule has 3 aromatic rings. The minimum absolute atomic E-state index is 0.349. The number of hydrogen-bond donors (Lipinski definition) is 3. The van der Waals surface area contributed by atoms with E-state index in [1.807, 2.05) is 12.4 Å². The molecule has 4 N–H and O–H groups in total. The normalized spacial score (nSPS) is 37.7. The molecule has 6 heteroatoms. The first kappa shape index (κ1) is 13.2. The third-order valence-electron chi connectivity index (χ3n) is 6.75. The lowest BCUT2D eigenvalue weighted by Gasteiger charge is -2.57. The van der Waals surface area contributed by atoms with E-state index in [9.17, 15) is 5.11 Å². The van der Waals surface area contributed by atoms with Crippen molar-refractivity contribution in [2.45, 2.75) is 43.7 Å². The summed E-state index contributed by atoms with van der Waals surface area (Å²) < 4.78 is 2.18. The molecule has 4 fully saturated rings. The molecule has 0 saturated heterocycles. The number of rotatable bonds is 1. The van der Waals surface area contributed by atoms with Crippen molar-refractivity contribution < 1.29 is 5.11 Å². The zero-order chi connectivity index (χ0) is 16.1. The molecule has 2 unspecified atom stereocenters. The van der Waals surface area contributed by atoms with Gasteiger partial charge in [0.2, 0.25) is 0 Å². The topological polar surface area (TPSA) is 92.8 Å². The second-order valence-corrected chi connectivity index (χ2v) is 8.28. The van der Waals surface area contributed by atoms with Gasteiger partial charge in [-0.2, -0.15) is 5.10 Å². The number of H-pyrrole nitrogens is 1. The number of anilines is 1. The fourth-order valence-corrected chi connectivity index (χ4v) is 6.22. The largest absolute Gasteiger partial charge is 0.390 e. The van der Waals surface area contributed by atoms with E-state index in [1.165, 1.54) is 12.8 Å². The van der Waals surface area contributed by atoms with E-state index >= 15 is 0 Å². The van der Waals surface area contributed by atoms with Crippen LogP contribution in [-0.2, 0) is 0 Å². The van der Waals surface area contributed by atoms with Crippen LogP contribution >= 0.6 is 0 Å². The molecule has 124 valence electrons. The standard InChI is InChI=1S/C18H21N5O/c19-16-13-8-21-17-12(1-2-20-17)15(13)23(22-16)14-10-3-9-4-11(14)7-18(24,5-9)6-10/h1-2,8-11,14,24H,3-7H2,(H2,19,22)(H,20,21)/t9?,10?,11?,14-,18+. The molecule has 4 saturated carbocycles. The molecule has 4 bridgehead atoms. The molecule has 0 spiro atoms. The first-order valence-electron chi connectivity index (χ1n) is 8.93. The van der Waals surface area contributed by atoms with Gasteiger partial charge in [-0.15, -0.1) is 0 Å². The van der Waals surface area contributed by atoms with Crippen molar-refractivity contribution in [1.82, 2.24) is 19.7 Å². The Balaban J connectivity index is 1.59. The Morgan fingerprint density at radius 3 is 2.75 bits per heavy atom. The lowest BCUT2D eigenvalue weighted by atomic mass is 9.52. The average molecular weight is 323 g/mol. The Labute approximate surface area is 139 Å². The highest BCUT2D eigenvalue weighted by Gasteiger charge is 2.55. The first-order valence-corrected chi connectivity index (χ1v) is 8.93. The van der Waals surface area contributed by atoms with E-state index in [1.54, 1.807) is 0 Å². The molecule has 6 nitrogen and oxygen atoms in total. The monoisotopic (exact) mass is 323 g/mol. The summed E-state index contributed by atoms with van der Waals surface area (Å²) in [5, 5.41) is 17.6. The van der Waals surface area contributed by atoms with Gasteiger partial charge in [-0.25, -0.2) is 4.98 Å². The minimum Gasteiger partial charge on any atom is -0.390 e. The van der Waals surface area contributed by atoms with Crippen LogP contribution in [-0.4, -0.2) is 30.5 Å². The van der Waals surface area contributed by atoms with Gasteiger partial charge in [0.05, 0.1) is 22.5 Å². The summed E-state index contributed by atoms with van der Waals surface area (Å²) in [7, 11) is 0. The SMILES string of the molecule is Nc1nn([C@H]2C3CC4CC2C[C@@](O)(C4)C3)c2c1cnc1[nH]ccc12. The number of nitrogens with one attached hydrogen (secondary N) is 1. The summed E-state index contributed by atoms with van der Waals surface area (Å²) in [6.45, 7) is 0. The Morgan fingerprint density at radius 1 is 1.21 bits per heavy atom. The second kappa shape index (κ2) is 4.11. The van der Waals surface area contributed by atoms with Crippen molar-refractivity contribution in [3.63, 3.8) is 0 Å². The highest BCUT2D eigenvalue weighted by molar-refractivity contribution is 6.06. The molecule has 2 atom stereocenters. The number of hydrogen-bond acceptors (Lipinski definition) is 4. The van der Waals surface area contributed by atoms with Crippen LogP contribution in [0.25, 0.3) is 21.9 Å². The smallest absolute Gasteiger partial charge is 0.154 e. The number of aliphatic hydroxyl groups is 1. The average Bonchev–Trinajstić information content (AvgIpc) is 3.10. The third-order valence-corrected chi connectivity index (χ3v) is 6.75. The number of nitrogens with zero attached hydrogens (tertiary/aromatic N) is 3. The van der Waals surface area contributed by atoms with Crippen molar-refractivity contribution >= 4 is 27.8 Å². The van der Waals surface area contributed by atoms with Crippen molar-refractivity contribution in [2.75, 3.05) is 5.73 Å². The van der Waals surface area contributed by atoms with Crippen LogP contribution in [0.3, 0.4) is 0 Å². The Bertz CT molecular complexity index is 957. The number of nitrogen functional groups attached to an aromatic ring is 1. The summed E-state index contributed by atoms with van der Waals surface area (Å²) in [6.07, 6.45) is 9.00. The molecule has 3 aromatic heterocycles. The van der Waals surface area contributed by atoms with Crippen LogP contribution < -0.4 is 5.73 Å². The molecule has 4 aliphatic rings. The Morgan fingerprint density at radius 2 is 2.00 bits per heavy atom. The number of pyridine rings is 1. The molecular formula is C18H21N5O. The molecule has 0 aromatic carbocycles. The van der Waals surface area contributed by atoms with Gasteiger partial charge in [0.15, 0.2) is 5.82 Å². The summed E-state index contributed by atoms with van der Waals surface area (Å²) in [5.41, 5.74) is 7.78. The summed E-state index contributed by atoms with van der Waals surface area (Å²) >= 11 is 0. The van der Waals surface area contributed by atoms with E-state index in [2.05, 4.69) is 20.7 Å². The quantitative estimate of drug-likeness (QED) is 0.642. The van der Waals surface area contributed by atoms with Crippen molar-refractivity contribution in [1.29, 1.82) is 0 Å². The predicted octanol–water partition coefficient (Wildman–Crippen LogP) is 2.61. The van der Waals surface area contributed by atoms with Gasteiger partial charge in [-0.1, -0.05) is 0 Å². The van der Waals surface area contributed by atoms with Crippen molar-refractivity contribution in [2.24, 2.45) is 17.8 Å². The molecule has 0 radical (unpaired) electrons. The zero-order valence-corrected chi connectivity index (χ0v) is 13.4. The highest BCUT2D eigenvalue weighted by atomic mass is 16.3. The number of aromatic nitrogens is 4. The molecule has 4 aliphatic carbocycles. The molecular weight excluding hydrogens is 302 g/mol. The predicted molar refractivity (Wildman–Crippen MR) is 91.3 cm³/mol. The third kappa shape index (κ3) is 1.55. The van der Waals surface area contributed by atoms with Gasteiger partial charge in [-0.05, 0) is 55.9 Å². The molecule has 0 amide bonds. The van der Waals surface area contributed by atoms with Crippen LogP contribution in [0.15, 0.2) is 18.5 Å². The van der Waals surface area contributed by atoms with Crippen LogP contribution in [0, 0.1) is 17.8 Å². The maximum absolute atomic E-state index is 10.9. The molecule has 0 aliphatic heterocycles. The number of nitrogens with two attached hydrogens (primary N) is 1. The van der Waals surface area contributed by atoms with Crippen LogP contribution in [0.4, 0.5) is 5.82 Å². The summed E-state index contributed by atoms with van der Waals surface area (Å²) in [4.78, 5) is 7.65. The molecule has 7 rings (SSSR count). The van der Waals surface area contributed by atoms with Gasteiger partial charge in [0.1, 0.15) is 5.65 Å². The maximum Gasteiger partial charge on any atom is 0.154 e. The summed E-state index contributed by atoms with van der Waals surface area (Å²) in [6, 6.07) is 2.41. The Kier molecular flexibility index (Phi) is 2.27. The van der Waals surface area contributed by atoms with E-state index in [4.69, 9.17) is 10.8 Å². The van der Waals surface area contributed by atoms with Gasteiger partial charge in [0, 0.05) is 17.8 Å². The zero-order valence-electron chi connectivity index (χ0n) is 13.4. The van der Waals surface area contributed by atoms with Crippen molar-refractivity contribution in [3.05, 3.63) is 18.5 Å².